The second-order valence-corrected chi connectivity index (χ2v) is 2.95. The van der Waals surface area contributed by atoms with E-state index in [1.54, 1.807) is 12.1 Å². The Kier molecular flexibility index (Phi) is 3.47. The molecule has 0 aliphatic heterocycles. The molecule has 0 aromatic heterocycles. The molecule has 0 N–H and O–H groups in total. The summed E-state index contributed by atoms with van der Waals surface area (Å²) in [5.41, 5.74) is 2.69. The number of hydrogen-bond donors (Lipinski definition) is 0. The van der Waals surface area contributed by atoms with Crippen molar-refractivity contribution in [3.05, 3.63) is 41.0 Å². The predicted octanol–water partition coefficient (Wildman–Crippen LogP) is 2.79. The monoisotopic (exact) mass is 182 g/mol. The van der Waals surface area contributed by atoms with Crippen molar-refractivity contribution in [3.63, 3.8) is 0 Å². The van der Waals surface area contributed by atoms with Crippen LogP contribution in [0, 0.1) is 29.6 Å². The van der Waals surface area contributed by atoms with Crippen molar-refractivity contribution in [2.24, 2.45) is 0 Å². The zero-order chi connectivity index (χ0) is 10.4. The van der Waals surface area contributed by atoms with E-state index in [0.717, 1.165) is 11.1 Å². The van der Waals surface area contributed by atoms with E-state index in [1.807, 2.05) is 31.2 Å². The summed E-state index contributed by atoms with van der Waals surface area (Å²) < 4.78 is 0. The van der Waals surface area contributed by atoms with Crippen molar-refractivity contribution >= 4 is 6.08 Å². The lowest BCUT2D eigenvalue weighted by molar-refractivity contribution is 1.36. The molecule has 68 valence electrons. The number of nitrogens with zero attached hydrogens (tertiary/aromatic N) is 2. The third-order valence-corrected chi connectivity index (χ3v) is 1.89. The summed E-state index contributed by atoms with van der Waals surface area (Å²) in [6.45, 7) is 1.90. The molecule has 0 unspecified atom stereocenters. The molecular formula is C12H10N2. The van der Waals surface area contributed by atoms with E-state index in [0.29, 0.717) is 12.0 Å². The van der Waals surface area contributed by atoms with Gasteiger partial charge in [0, 0.05) is 0 Å². The van der Waals surface area contributed by atoms with Gasteiger partial charge in [0.15, 0.2) is 0 Å². The van der Waals surface area contributed by atoms with Crippen LogP contribution in [0.2, 0.25) is 0 Å². The van der Waals surface area contributed by atoms with Crippen molar-refractivity contribution in [3.8, 4) is 12.1 Å². The summed E-state index contributed by atoms with van der Waals surface area (Å²) in [5.74, 6) is 0. The van der Waals surface area contributed by atoms with Gasteiger partial charge in [-0.1, -0.05) is 24.3 Å². The molecule has 14 heavy (non-hydrogen) atoms. The average Bonchev–Trinajstić information content (AvgIpc) is 2.18. The van der Waals surface area contributed by atoms with E-state index in [-0.39, 0.29) is 0 Å². The molecule has 0 aliphatic carbocycles. The van der Waals surface area contributed by atoms with E-state index < -0.39 is 0 Å². The summed E-state index contributed by atoms with van der Waals surface area (Å²) in [6.07, 6.45) is 4.11. The van der Waals surface area contributed by atoms with E-state index >= 15 is 0 Å². The first-order valence-electron chi connectivity index (χ1n) is 4.32. The smallest absolute Gasteiger partial charge is 0.0994 e. The van der Waals surface area contributed by atoms with Crippen molar-refractivity contribution in [1.82, 2.24) is 0 Å². The van der Waals surface area contributed by atoms with Gasteiger partial charge in [0.1, 0.15) is 0 Å². The van der Waals surface area contributed by atoms with Crippen molar-refractivity contribution in [1.29, 1.82) is 10.5 Å². The number of hydrogen-bond acceptors (Lipinski definition) is 2. The van der Waals surface area contributed by atoms with Crippen LogP contribution in [0.4, 0.5) is 0 Å². The predicted molar refractivity (Wildman–Crippen MR) is 55.2 cm³/mol. The maximum absolute atomic E-state index is 8.71. The lowest BCUT2D eigenvalue weighted by atomic mass is 10.1. The standard InChI is InChI=1S/C12H10N2/c1-10-8-11(4-2-3-7-13)5-6-12(10)9-14/h2,4-6,8H,3H2,1H3. The maximum atomic E-state index is 8.71. The molecule has 0 radical (unpaired) electrons. The van der Waals surface area contributed by atoms with Gasteiger partial charge in [-0.25, -0.2) is 0 Å². The molecule has 0 saturated carbocycles. The minimum absolute atomic E-state index is 0.416. The molecule has 2 nitrogen and oxygen atoms in total. The first-order chi connectivity index (χ1) is 6.77. The second-order valence-electron chi connectivity index (χ2n) is 2.95. The highest BCUT2D eigenvalue weighted by Crippen LogP contribution is 2.11. The quantitative estimate of drug-likeness (QED) is 0.706. The van der Waals surface area contributed by atoms with E-state index in [4.69, 9.17) is 10.5 Å². The van der Waals surface area contributed by atoms with Gasteiger partial charge >= 0.3 is 0 Å². The molecule has 1 aromatic carbocycles. The SMILES string of the molecule is Cc1cc(C=CCC#N)ccc1C#N. The van der Waals surface area contributed by atoms with E-state index in [1.165, 1.54) is 0 Å². The number of aryl methyl sites for hydroxylation is 1. The van der Waals surface area contributed by atoms with E-state index in [9.17, 15) is 0 Å². The fourth-order valence-electron chi connectivity index (χ4n) is 1.16. The summed E-state index contributed by atoms with van der Waals surface area (Å²) in [6, 6.07) is 9.75. The molecule has 0 saturated heterocycles. The third-order valence-electron chi connectivity index (χ3n) is 1.89. The number of allylic oxidation sites excluding steroid dienone is 1. The van der Waals surface area contributed by atoms with Gasteiger partial charge in [0.05, 0.1) is 24.1 Å². The second kappa shape index (κ2) is 4.84. The molecule has 0 fully saturated rings. The number of benzene rings is 1. The molecular weight excluding hydrogens is 172 g/mol. The Hall–Kier alpha value is -2.06. The van der Waals surface area contributed by atoms with Gasteiger partial charge in [-0.2, -0.15) is 10.5 Å². The molecule has 1 aromatic rings. The molecule has 1 rings (SSSR count). The minimum Gasteiger partial charge on any atom is -0.198 e. The Morgan fingerprint density at radius 1 is 1.36 bits per heavy atom. The normalized spacial score (nSPS) is 9.64. The Balaban J connectivity index is 2.89. The minimum atomic E-state index is 0.416. The molecule has 0 amide bonds. The topological polar surface area (TPSA) is 47.6 Å². The lowest BCUT2D eigenvalue weighted by Gasteiger charge is -1.98. The Bertz CT molecular complexity index is 431. The Morgan fingerprint density at radius 2 is 2.14 bits per heavy atom. The Labute approximate surface area is 83.7 Å². The molecule has 0 spiro atoms. The first kappa shape index (κ1) is 10.0. The van der Waals surface area contributed by atoms with Gasteiger partial charge in [-0.05, 0) is 24.1 Å². The van der Waals surface area contributed by atoms with Crippen LogP contribution in [0.3, 0.4) is 0 Å². The third kappa shape index (κ3) is 2.47. The van der Waals surface area contributed by atoms with E-state index in [2.05, 4.69) is 6.07 Å². The van der Waals surface area contributed by atoms with Gasteiger partial charge in [-0.3, -0.25) is 0 Å². The highest BCUT2D eigenvalue weighted by atomic mass is 14.2. The van der Waals surface area contributed by atoms with Crippen LogP contribution in [-0.2, 0) is 0 Å². The fourth-order valence-corrected chi connectivity index (χ4v) is 1.16. The summed E-state index contributed by atoms with van der Waals surface area (Å²) in [4.78, 5) is 0. The molecule has 2 heteroatoms. The maximum Gasteiger partial charge on any atom is 0.0994 e. The highest BCUT2D eigenvalue weighted by Gasteiger charge is 1.95. The number of nitriles is 2. The van der Waals surface area contributed by atoms with Crippen LogP contribution in [0.25, 0.3) is 6.08 Å². The zero-order valence-corrected chi connectivity index (χ0v) is 7.99. The zero-order valence-electron chi connectivity index (χ0n) is 7.99. The largest absolute Gasteiger partial charge is 0.198 e. The van der Waals surface area contributed by atoms with Crippen LogP contribution in [-0.4, -0.2) is 0 Å². The lowest BCUT2D eigenvalue weighted by Crippen LogP contribution is -1.82. The van der Waals surface area contributed by atoms with Crippen LogP contribution in [0.1, 0.15) is 23.1 Å². The van der Waals surface area contributed by atoms with Crippen LogP contribution >= 0.6 is 0 Å². The van der Waals surface area contributed by atoms with Gasteiger partial charge in [0.2, 0.25) is 0 Å². The van der Waals surface area contributed by atoms with Crippen molar-refractivity contribution in [2.75, 3.05) is 0 Å². The van der Waals surface area contributed by atoms with Gasteiger partial charge in [0.25, 0.3) is 0 Å². The summed E-state index contributed by atoms with van der Waals surface area (Å²) in [7, 11) is 0. The Morgan fingerprint density at radius 3 is 2.71 bits per heavy atom. The number of rotatable bonds is 2. The summed E-state index contributed by atoms with van der Waals surface area (Å²) in [5, 5.41) is 17.0. The van der Waals surface area contributed by atoms with Gasteiger partial charge < -0.3 is 0 Å². The first-order valence-corrected chi connectivity index (χ1v) is 4.32. The van der Waals surface area contributed by atoms with Crippen LogP contribution in [0.15, 0.2) is 24.3 Å². The molecule has 0 aliphatic rings. The van der Waals surface area contributed by atoms with Crippen LogP contribution < -0.4 is 0 Å². The van der Waals surface area contributed by atoms with Crippen molar-refractivity contribution in [2.45, 2.75) is 13.3 Å². The average molecular weight is 182 g/mol. The van der Waals surface area contributed by atoms with Crippen LogP contribution in [0.5, 0.6) is 0 Å². The summed E-state index contributed by atoms with van der Waals surface area (Å²) >= 11 is 0. The van der Waals surface area contributed by atoms with Gasteiger partial charge in [-0.15, -0.1) is 0 Å². The fraction of sp³-hybridized carbons (Fsp3) is 0.167. The molecule has 0 atom stereocenters. The highest BCUT2D eigenvalue weighted by molar-refractivity contribution is 5.53. The molecule has 0 heterocycles. The molecule has 0 bridgehead atoms. The van der Waals surface area contributed by atoms with Crippen molar-refractivity contribution < 1.29 is 0 Å².